The van der Waals surface area contributed by atoms with Crippen molar-refractivity contribution in [2.45, 2.75) is 31.6 Å². The lowest BCUT2D eigenvalue weighted by atomic mass is 10.1. The third kappa shape index (κ3) is 2.72. The van der Waals surface area contributed by atoms with E-state index in [1.54, 1.807) is 0 Å². The van der Waals surface area contributed by atoms with Gasteiger partial charge in [0.1, 0.15) is 5.82 Å². The highest BCUT2D eigenvalue weighted by molar-refractivity contribution is 5.26. The SMILES string of the molecule is Fc1cc(CNC2CC2)ccc1C(F)(F)F. The summed E-state index contributed by atoms with van der Waals surface area (Å²) in [6.07, 6.45) is -2.45. The van der Waals surface area contributed by atoms with E-state index >= 15 is 0 Å². The van der Waals surface area contributed by atoms with Crippen LogP contribution in [-0.2, 0) is 12.7 Å². The molecule has 1 aromatic rings. The summed E-state index contributed by atoms with van der Waals surface area (Å²) in [6, 6.07) is 3.49. The van der Waals surface area contributed by atoms with Crippen molar-refractivity contribution < 1.29 is 17.6 Å². The van der Waals surface area contributed by atoms with Crippen LogP contribution < -0.4 is 5.32 Å². The van der Waals surface area contributed by atoms with Gasteiger partial charge in [-0.1, -0.05) is 6.07 Å². The molecule has 0 aromatic heterocycles. The number of hydrogen-bond acceptors (Lipinski definition) is 1. The first-order valence-electron chi connectivity index (χ1n) is 5.06. The number of rotatable bonds is 3. The molecule has 0 saturated heterocycles. The van der Waals surface area contributed by atoms with Gasteiger partial charge < -0.3 is 5.32 Å². The zero-order valence-electron chi connectivity index (χ0n) is 8.44. The van der Waals surface area contributed by atoms with Crippen LogP contribution >= 0.6 is 0 Å². The molecule has 0 unspecified atom stereocenters. The van der Waals surface area contributed by atoms with Gasteiger partial charge in [-0.2, -0.15) is 13.2 Å². The lowest BCUT2D eigenvalue weighted by Gasteiger charge is -2.09. The summed E-state index contributed by atoms with van der Waals surface area (Å²) >= 11 is 0. The van der Waals surface area contributed by atoms with E-state index in [2.05, 4.69) is 5.32 Å². The first-order chi connectivity index (χ1) is 7.47. The van der Waals surface area contributed by atoms with E-state index in [0.717, 1.165) is 25.0 Å². The molecule has 0 bridgehead atoms. The molecule has 1 aliphatic carbocycles. The molecule has 1 N–H and O–H groups in total. The quantitative estimate of drug-likeness (QED) is 0.791. The van der Waals surface area contributed by atoms with Gasteiger partial charge >= 0.3 is 6.18 Å². The summed E-state index contributed by atoms with van der Waals surface area (Å²) in [5.74, 6) is -1.21. The maximum Gasteiger partial charge on any atom is 0.419 e. The highest BCUT2D eigenvalue weighted by Crippen LogP contribution is 2.31. The third-order valence-corrected chi connectivity index (χ3v) is 2.51. The highest BCUT2D eigenvalue weighted by atomic mass is 19.4. The Bertz CT molecular complexity index is 382. The summed E-state index contributed by atoms with van der Waals surface area (Å²) in [7, 11) is 0. The van der Waals surface area contributed by atoms with Gasteiger partial charge in [0.2, 0.25) is 0 Å². The van der Waals surface area contributed by atoms with Crippen LogP contribution in [0.4, 0.5) is 17.6 Å². The molecular formula is C11H11F4N. The number of alkyl halides is 3. The second kappa shape index (κ2) is 4.05. The summed E-state index contributed by atoms with van der Waals surface area (Å²) in [5.41, 5.74) is -0.667. The Hall–Kier alpha value is -1.10. The van der Waals surface area contributed by atoms with Crippen LogP contribution in [0.2, 0.25) is 0 Å². The van der Waals surface area contributed by atoms with E-state index in [0.29, 0.717) is 18.2 Å². The first kappa shape index (κ1) is 11.4. The fraction of sp³-hybridized carbons (Fsp3) is 0.455. The van der Waals surface area contributed by atoms with E-state index in [4.69, 9.17) is 0 Å². The average Bonchev–Trinajstić information content (AvgIpc) is 2.96. The molecule has 5 heteroatoms. The monoisotopic (exact) mass is 233 g/mol. The van der Waals surface area contributed by atoms with E-state index in [9.17, 15) is 17.6 Å². The minimum absolute atomic E-state index is 0.416. The molecule has 0 amide bonds. The predicted molar refractivity (Wildman–Crippen MR) is 51.3 cm³/mol. The van der Waals surface area contributed by atoms with Gasteiger partial charge in [0, 0.05) is 12.6 Å². The first-order valence-corrected chi connectivity index (χ1v) is 5.06. The van der Waals surface area contributed by atoms with Crippen molar-refractivity contribution in [1.29, 1.82) is 0 Å². The van der Waals surface area contributed by atoms with Crippen LogP contribution in [0, 0.1) is 5.82 Å². The van der Waals surface area contributed by atoms with Crippen molar-refractivity contribution in [2.75, 3.05) is 0 Å². The molecular weight excluding hydrogens is 222 g/mol. The van der Waals surface area contributed by atoms with Crippen molar-refractivity contribution in [3.05, 3.63) is 35.1 Å². The molecule has 0 aliphatic heterocycles. The largest absolute Gasteiger partial charge is 0.419 e. The Labute approximate surface area is 90.5 Å². The molecule has 88 valence electrons. The fourth-order valence-electron chi connectivity index (χ4n) is 1.45. The lowest BCUT2D eigenvalue weighted by molar-refractivity contribution is -0.140. The van der Waals surface area contributed by atoms with Gasteiger partial charge in [-0.15, -0.1) is 0 Å². The number of benzene rings is 1. The average molecular weight is 233 g/mol. The summed E-state index contributed by atoms with van der Waals surface area (Å²) in [4.78, 5) is 0. The Morgan fingerprint density at radius 2 is 1.94 bits per heavy atom. The molecule has 0 radical (unpaired) electrons. The lowest BCUT2D eigenvalue weighted by Crippen LogP contribution is -2.16. The number of hydrogen-bond donors (Lipinski definition) is 1. The summed E-state index contributed by atoms with van der Waals surface area (Å²) < 4.78 is 49.9. The van der Waals surface area contributed by atoms with Crippen molar-refractivity contribution in [2.24, 2.45) is 0 Å². The maximum absolute atomic E-state index is 13.1. The van der Waals surface area contributed by atoms with Crippen LogP contribution in [0.15, 0.2) is 18.2 Å². The second-order valence-electron chi connectivity index (χ2n) is 3.97. The van der Waals surface area contributed by atoms with Crippen LogP contribution in [0.1, 0.15) is 24.0 Å². The molecule has 0 atom stereocenters. The van der Waals surface area contributed by atoms with Crippen LogP contribution in [0.3, 0.4) is 0 Å². The van der Waals surface area contributed by atoms with Gasteiger partial charge in [0.25, 0.3) is 0 Å². The van der Waals surface area contributed by atoms with Crippen molar-refractivity contribution in [3.8, 4) is 0 Å². The zero-order chi connectivity index (χ0) is 11.8. The Balaban J connectivity index is 2.08. The van der Waals surface area contributed by atoms with E-state index < -0.39 is 17.6 Å². The topological polar surface area (TPSA) is 12.0 Å². The van der Waals surface area contributed by atoms with Crippen molar-refractivity contribution in [1.82, 2.24) is 5.32 Å². The second-order valence-corrected chi connectivity index (χ2v) is 3.97. The molecule has 1 aliphatic rings. The minimum Gasteiger partial charge on any atom is -0.310 e. The van der Waals surface area contributed by atoms with Crippen LogP contribution in [0.5, 0.6) is 0 Å². The van der Waals surface area contributed by atoms with Gasteiger partial charge in [-0.05, 0) is 30.5 Å². The standard InChI is InChI=1S/C11H11F4N/c12-10-5-7(6-16-8-2-3-8)1-4-9(10)11(13,14)15/h1,4-5,8,16H,2-3,6H2. The van der Waals surface area contributed by atoms with Gasteiger partial charge in [-0.25, -0.2) is 4.39 Å². The molecule has 1 saturated carbocycles. The van der Waals surface area contributed by atoms with Crippen LogP contribution in [-0.4, -0.2) is 6.04 Å². The highest BCUT2D eigenvalue weighted by Gasteiger charge is 2.33. The summed E-state index contributed by atoms with van der Waals surface area (Å²) in [6.45, 7) is 0.416. The maximum atomic E-state index is 13.1. The molecule has 16 heavy (non-hydrogen) atoms. The smallest absolute Gasteiger partial charge is 0.310 e. The molecule has 0 heterocycles. The van der Waals surface area contributed by atoms with Gasteiger partial charge in [-0.3, -0.25) is 0 Å². The number of halogens is 4. The van der Waals surface area contributed by atoms with E-state index in [1.807, 2.05) is 0 Å². The Morgan fingerprint density at radius 1 is 1.25 bits per heavy atom. The van der Waals surface area contributed by atoms with Crippen molar-refractivity contribution >= 4 is 0 Å². The molecule has 1 nitrogen and oxygen atoms in total. The van der Waals surface area contributed by atoms with Crippen molar-refractivity contribution in [3.63, 3.8) is 0 Å². The Morgan fingerprint density at radius 3 is 2.44 bits per heavy atom. The molecule has 0 spiro atoms. The Kier molecular flexibility index (Phi) is 2.88. The van der Waals surface area contributed by atoms with Gasteiger partial charge in [0.05, 0.1) is 5.56 Å². The minimum atomic E-state index is -4.62. The molecule has 2 rings (SSSR count). The molecule has 1 fully saturated rings. The van der Waals surface area contributed by atoms with E-state index in [-0.39, 0.29) is 0 Å². The van der Waals surface area contributed by atoms with Crippen LogP contribution in [0.25, 0.3) is 0 Å². The summed E-state index contributed by atoms with van der Waals surface area (Å²) in [5, 5.41) is 3.11. The fourth-order valence-corrected chi connectivity index (χ4v) is 1.45. The third-order valence-electron chi connectivity index (χ3n) is 2.51. The number of nitrogens with one attached hydrogen (secondary N) is 1. The predicted octanol–water partition coefficient (Wildman–Crippen LogP) is 3.10. The normalized spacial score (nSPS) is 16.5. The van der Waals surface area contributed by atoms with Gasteiger partial charge in [0.15, 0.2) is 0 Å². The molecule has 1 aromatic carbocycles. The zero-order valence-corrected chi connectivity index (χ0v) is 8.44. The van der Waals surface area contributed by atoms with E-state index in [1.165, 1.54) is 6.07 Å².